The Morgan fingerprint density at radius 3 is 1.46 bits per heavy atom. The Morgan fingerprint density at radius 1 is 0.536 bits per heavy atom. The van der Waals surface area contributed by atoms with Crippen molar-refractivity contribution in [1.29, 1.82) is 0 Å². The zero-order chi connectivity index (χ0) is 18.5. The maximum Gasteiger partial charge on any atom is 0.154 e. The minimum absolute atomic E-state index is 0.626. The molecule has 0 saturated heterocycles. The predicted molar refractivity (Wildman–Crippen MR) is 106 cm³/mol. The summed E-state index contributed by atoms with van der Waals surface area (Å²) in [6, 6.07) is 15.2. The molecule has 28 heavy (non-hydrogen) atoms. The average Bonchev–Trinajstić information content (AvgIpc) is 3.47. The summed E-state index contributed by atoms with van der Waals surface area (Å²) >= 11 is 0. The number of rotatable bonds is 2. The fraction of sp³-hybridized carbons (Fsp3) is 0. The van der Waals surface area contributed by atoms with E-state index in [4.69, 9.17) is 18.8 Å². The van der Waals surface area contributed by atoms with Gasteiger partial charge in [0.05, 0.1) is 34.6 Å². The first-order valence-electron chi connectivity index (χ1n) is 8.81. The number of nitrogens with zero attached hydrogens (tertiary/aromatic N) is 4. The smallest absolute Gasteiger partial charge is 0.154 e. The maximum atomic E-state index is 5.63. The van der Waals surface area contributed by atoms with Crippen LogP contribution in [0.2, 0.25) is 0 Å². The molecular weight excluding hydrogens is 352 g/mol. The van der Waals surface area contributed by atoms with Crippen LogP contribution in [0.5, 0.6) is 0 Å². The largest absolute Gasteiger partial charge is 0.463 e. The van der Waals surface area contributed by atoms with Gasteiger partial charge < -0.3 is 8.83 Å². The number of benzene rings is 1. The number of furan rings is 2. The fourth-order valence-corrected chi connectivity index (χ4v) is 3.55. The first-order chi connectivity index (χ1) is 13.9. The van der Waals surface area contributed by atoms with Crippen LogP contribution in [0.3, 0.4) is 0 Å². The molecule has 6 nitrogen and oxygen atoms in total. The van der Waals surface area contributed by atoms with Gasteiger partial charge in [0.1, 0.15) is 11.4 Å². The summed E-state index contributed by atoms with van der Waals surface area (Å²) in [4.78, 5) is 19.0. The molecule has 132 valence electrons. The van der Waals surface area contributed by atoms with Gasteiger partial charge in [0.15, 0.2) is 11.5 Å². The highest BCUT2D eigenvalue weighted by Crippen LogP contribution is 2.36. The van der Waals surface area contributed by atoms with E-state index in [0.29, 0.717) is 22.9 Å². The molecule has 5 aromatic heterocycles. The highest BCUT2D eigenvalue weighted by molar-refractivity contribution is 6.20. The van der Waals surface area contributed by atoms with Gasteiger partial charge in [-0.05, 0) is 48.5 Å². The van der Waals surface area contributed by atoms with Gasteiger partial charge >= 0.3 is 0 Å². The first-order valence-corrected chi connectivity index (χ1v) is 8.81. The molecule has 0 radical (unpaired) electrons. The van der Waals surface area contributed by atoms with E-state index >= 15 is 0 Å². The van der Waals surface area contributed by atoms with Crippen LogP contribution in [0.4, 0.5) is 0 Å². The first kappa shape index (κ1) is 15.0. The molecule has 0 fully saturated rings. The van der Waals surface area contributed by atoms with Crippen LogP contribution in [0.1, 0.15) is 0 Å². The molecule has 6 aromatic rings. The third-order valence-electron chi connectivity index (χ3n) is 4.75. The van der Waals surface area contributed by atoms with E-state index in [1.807, 2.05) is 48.5 Å². The average molecular weight is 364 g/mol. The van der Waals surface area contributed by atoms with Crippen LogP contribution in [0.15, 0.2) is 82.3 Å². The molecule has 0 N–H and O–H groups in total. The Balaban J connectivity index is 1.86. The second kappa shape index (κ2) is 5.72. The minimum Gasteiger partial charge on any atom is -0.463 e. The van der Waals surface area contributed by atoms with Gasteiger partial charge in [0.25, 0.3) is 0 Å². The van der Waals surface area contributed by atoms with Gasteiger partial charge in [0.2, 0.25) is 0 Å². The van der Waals surface area contributed by atoms with Crippen LogP contribution < -0.4 is 0 Å². The number of pyridine rings is 2. The zero-order valence-corrected chi connectivity index (χ0v) is 14.5. The molecule has 0 spiro atoms. The van der Waals surface area contributed by atoms with E-state index in [1.54, 1.807) is 24.9 Å². The standard InChI is InChI=1S/C22H12N4O2/c1-5-13-17(23-9-1)18-14(6-2-10-24-18)20-19(13)25-21(15-7-3-11-27-15)22(26-20)16-8-4-12-28-16/h1-12H. The normalized spacial score (nSPS) is 11.6. The lowest BCUT2D eigenvalue weighted by atomic mass is 10.1. The SMILES string of the molecule is c1coc(-c2nc3c4cccnc4c4ncccc4c3nc2-c2ccco2)c1. The summed E-state index contributed by atoms with van der Waals surface area (Å²) in [6.45, 7) is 0. The second-order valence-electron chi connectivity index (χ2n) is 6.37. The van der Waals surface area contributed by atoms with Crippen molar-refractivity contribution in [2.45, 2.75) is 0 Å². The quantitative estimate of drug-likeness (QED) is 0.391. The van der Waals surface area contributed by atoms with Crippen LogP contribution in [-0.4, -0.2) is 19.9 Å². The summed E-state index contributed by atoms with van der Waals surface area (Å²) in [7, 11) is 0. The van der Waals surface area contributed by atoms with Gasteiger partial charge in [-0.15, -0.1) is 0 Å². The predicted octanol–water partition coefficient (Wildman–Crippen LogP) is 5.25. The van der Waals surface area contributed by atoms with E-state index in [0.717, 1.165) is 32.8 Å². The van der Waals surface area contributed by atoms with Crippen LogP contribution in [-0.2, 0) is 0 Å². The van der Waals surface area contributed by atoms with Gasteiger partial charge in [0, 0.05) is 23.2 Å². The highest BCUT2D eigenvalue weighted by Gasteiger charge is 2.20. The molecule has 0 saturated carbocycles. The summed E-state index contributed by atoms with van der Waals surface area (Å²) in [6.07, 6.45) is 6.77. The molecule has 0 aliphatic heterocycles. The Morgan fingerprint density at radius 2 is 1.04 bits per heavy atom. The lowest BCUT2D eigenvalue weighted by Gasteiger charge is -2.11. The molecule has 6 rings (SSSR count). The van der Waals surface area contributed by atoms with Crippen LogP contribution in [0, 0.1) is 0 Å². The topological polar surface area (TPSA) is 77.8 Å². The van der Waals surface area contributed by atoms with E-state index in [1.165, 1.54) is 0 Å². The Bertz CT molecular complexity index is 1340. The Hall–Kier alpha value is -4.06. The van der Waals surface area contributed by atoms with Crippen molar-refractivity contribution in [1.82, 2.24) is 19.9 Å². The highest BCUT2D eigenvalue weighted by atomic mass is 16.3. The van der Waals surface area contributed by atoms with Crippen molar-refractivity contribution in [3.63, 3.8) is 0 Å². The van der Waals surface area contributed by atoms with E-state index in [2.05, 4.69) is 9.97 Å². The zero-order valence-electron chi connectivity index (χ0n) is 14.5. The van der Waals surface area contributed by atoms with E-state index in [9.17, 15) is 0 Å². The van der Waals surface area contributed by atoms with E-state index < -0.39 is 0 Å². The molecule has 0 aliphatic carbocycles. The molecule has 1 aromatic carbocycles. The van der Waals surface area contributed by atoms with E-state index in [-0.39, 0.29) is 0 Å². The van der Waals surface area contributed by atoms with Crippen LogP contribution >= 0.6 is 0 Å². The van der Waals surface area contributed by atoms with Crippen LogP contribution in [0.25, 0.3) is 55.7 Å². The molecule has 0 amide bonds. The van der Waals surface area contributed by atoms with Gasteiger partial charge in [-0.2, -0.15) is 0 Å². The summed E-state index contributed by atoms with van der Waals surface area (Å²) in [5.41, 5.74) is 4.37. The lowest BCUT2D eigenvalue weighted by Crippen LogP contribution is -1.97. The molecule has 5 heterocycles. The van der Waals surface area contributed by atoms with Crippen molar-refractivity contribution in [2.75, 3.05) is 0 Å². The van der Waals surface area contributed by atoms with Gasteiger partial charge in [-0.1, -0.05) is 0 Å². The summed E-state index contributed by atoms with van der Waals surface area (Å²) in [5.74, 6) is 1.26. The Labute approximate surface area is 158 Å². The monoisotopic (exact) mass is 364 g/mol. The maximum absolute atomic E-state index is 5.63. The van der Waals surface area contributed by atoms with Crippen molar-refractivity contribution in [2.24, 2.45) is 0 Å². The third-order valence-corrected chi connectivity index (χ3v) is 4.75. The second-order valence-corrected chi connectivity index (χ2v) is 6.37. The van der Waals surface area contributed by atoms with Crippen molar-refractivity contribution >= 4 is 32.8 Å². The molecule has 6 heteroatoms. The Kier molecular flexibility index (Phi) is 3.07. The summed E-state index contributed by atoms with van der Waals surface area (Å²) in [5, 5.41) is 1.80. The van der Waals surface area contributed by atoms with Crippen molar-refractivity contribution < 1.29 is 8.83 Å². The van der Waals surface area contributed by atoms with Crippen molar-refractivity contribution in [3.8, 4) is 22.9 Å². The molecule has 0 unspecified atom stereocenters. The van der Waals surface area contributed by atoms with Gasteiger partial charge in [-0.25, -0.2) is 9.97 Å². The molecular formula is C22H12N4O2. The molecule has 0 bridgehead atoms. The summed E-state index contributed by atoms with van der Waals surface area (Å²) < 4.78 is 11.3. The number of hydrogen-bond acceptors (Lipinski definition) is 6. The molecule has 0 atom stereocenters. The molecule has 0 aliphatic rings. The minimum atomic E-state index is 0.626. The number of aromatic nitrogens is 4. The third kappa shape index (κ3) is 2.08. The lowest BCUT2D eigenvalue weighted by molar-refractivity contribution is 0.572. The number of fused-ring (bicyclic) bond motifs is 6. The van der Waals surface area contributed by atoms with Gasteiger partial charge in [-0.3, -0.25) is 9.97 Å². The fourth-order valence-electron chi connectivity index (χ4n) is 3.55. The number of hydrogen-bond donors (Lipinski definition) is 0. The van der Waals surface area contributed by atoms with Crippen molar-refractivity contribution in [3.05, 3.63) is 73.5 Å².